The quantitative estimate of drug-likeness (QED) is 0.723. The normalized spacial score (nSPS) is 58.7. The van der Waals surface area contributed by atoms with Crippen LogP contribution in [0.1, 0.15) is 39.0 Å². The lowest BCUT2D eigenvalue weighted by Gasteiger charge is -2.39. The molecule has 0 bridgehead atoms. The summed E-state index contributed by atoms with van der Waals surface area (Å²) in [6.07, 6.45) is 8.75. The Bertz CT molecular complexity index is 296. The summed E-state index contributed by atoms with van der Waals surface area (Å²) in [5, 5.41) is 3.66. The van der Waals surface area contributed by atoms with E-state index in [0.717, 1.165) is 17.9 Å². The summed E-state index contributed by atoms with van der Waals surface area (Å²) in [4.78, 5) is 0. The van der Waals surface area contributed by atoms with Gasteiger partial charge in [-0.25, -0.2) is 0 Å². The van der Waals surface area contributed by atoms with E-state index in [1.54, 1.807) is 0 Å². The molecule has 90 valence electrons. The topological polar surface area (TPSA) is 37.1 Å². The van der Waals surface area contributed by atoms with Crippen molar-refractivity contribution in [3.05, 3.63) is 0 Å². The van der Waals surface area contributed by atoms with Crippen molar-refractivity contribution < 1.29 is 9.47 Å². The molecule has 3 nitrogen and oxygen atoms in total. The van der Waals surface area contributed by atoms with E-state index in [2.05, 4.69) is 12.2 Å². The number of rotatable bonds is 2. The highest BCUT2D eigenvalue weighted by atomic mass is 16.6. The first-order valence-electron chi connectivity index (χ1n) is 6.90. The third kappa shape index (κ3) is 1.52. The molecule has 1 N–H and O–H groups in total. The Morgan fingerprint density at radius 2 is 2.00 bits per heavy atom. The standard InChI is InChI=1S/C13H21NO2/c1-7-11(15-7)6-9-8-4-2-3-5-10(8)14-13-12(9)16-13/h7-14H,2-6H2,1H3. The minimum absolute atomic E-state index is 0.387. The molecule has 7 unspecified atom stereocenters. The van der Waals surface area contributed by atoms with Crippen LogP contribution in [0.3, 0.4) is 0 Å². The van der Waals surface area contributed by atoms with E-state index in [-0.39, 0.29) is 0 Å². The maximum Gasteiger partial charge on any atom is 0.135 e. The van der Waals surface area contributed by atoms with E-state index in [1.807, 2.05) is 0 Å². The molecule has 0 amide bonds. The van der Waals surface area contributed by atoms with Gasteiger partial charge in [-0.2, -0.15) is 0 Å². The van der Waals surface area contributed by atoms with Crippen molar-refractivity contribution in [2.24, 2.45) is 11.8 Å². The van der Waals surface area contributed by atoms with Gasteiger partial charge >= 0.3 is 0 Å². The molecular weight excluding hydrogens is 202 g/mol. The van der Waals surface area contributed by atoms with Gasteiger partial charge in [0, 0.05) is 6.04 Å². The zero-order valence-electron chi connectivity index (χ0n) is 9.89. The van der Waals surface area contributed by atoms with Crippen LogP contribution >= 0.6 is 0 Å². The Hall–Kier alpha value is -0.120. The first-order valence-corrected chi connectivity index (χ1v) is 6.90. The highest BCUT2D eigenvalue weighted by Crippen LogP contribution is 2.48. The fourth-order valence-corrected chi connectivity index (χ4v) is 3.97. The zero-order chi connectivity index (χ0) is 10.7. The van der Waals surface area contributed by atoms with Crippen LogP contribution in [0.5, 0.6) is 0 Å². The zero-order valence-corrected chi connectivity index (χ0v) is 9.89. The molecule has 1 aliphatic carbocycles. The largest absolute Gasteiger partial charge is 0.370 e. The lowest BCUT2D eigenvalue weighted by atomic mass is 9.71. The maximum atomic E-state index is 5.78. The molecular formula is C13H21NO2. The molecule has 3 heterocycles. The van der Waals surface area contributed by atoms with E-state index in [1.165, 1.54) is 32.1 Å². The van der Waals surface area contributed by atoms with Crippen LogP contribution in [-0.2, 0) is 9.47 Å². The van der Waals surface area contributed by atoms with Gasteiger partial charge < -0.3 is 9.47 Å². The molecule has 0 aromatic heterocycles. The number of nitrogens with one attached hydrogen (secondary N) is 1. The number of piperidine rings is 1. The first kappa shape index (κ1) is 9.86. The van der Waals surface area contributed by atoms with Crippen LogP contribution < -0.4 is 5.32 Å². The second-order valence-electron chi connectivity index (χ2n) is 6.02. The van der Waals surface area contributed by atoms with Gasteiger partial charge in [-0.05, 0) is 38.0 Å². The van der Waals surface area contributed by atoms with Crippen molar-refractivity contribution >= 4 is 0 Å². The molecule has 3 heteroatoms. The highest BCUT2D eigenvalue weighted by molar-refractivity contribution is 5.05. The van der Waals surface area contributed by atoms with E-state index in [0.29, 0.717) is 24.5 Å². The fraction of sp³-hybridized carbons (Fsp3) is 1.00. The molecule has 3 saturated heterocycles. The van der Waals surface area contributed by atoms with Gasteiger partial charge in [0.1, 0.15) is 12.3 Å². The average molecular weight is 223 g/mol. The molecule has 4 rings (SSSR count). The molecule has 0 radical (unpaired) electrons. The summed E-state index contributed by atoms with van der Waals surface area (Å²) in [5.41, 5.74) is 0. The van der Waals surface area contributed by atoms with Crippen LogP contribution in [0, 0.1) is 11.8 Å². The van der Waals surface area contributed by atoms with E-state index in [4.69, 9.17) is 9.47 Å². The Morgan fingerprint density at radius 1 is 1.19 bits per heavy atom. The molecule has 0 aromatic carbocycles. The minimum Gasteiger partial charge on any atom is -0.370 e. The summed E-state index contributed by atoms with van der Waals surface area (Å²) in [5.74, 6) is 1.63. The third-order valence-corrected chi connectivity index (χ3v) is 5.04. The summed E-state index contributed by atoms with van der Waals surface area (Å²) in [6.45, 7) is 2.19. The predicted molar refractivity (Wildman–Crippen MR) is 60.0 cm³/mol. The average Bonchev–Trinajstić information content (AvgIpc) is 3.17. The molecule has 3 aliphatic heterocycles. The lowest BCUT2D eigenvalue weighted by Crippen LogP contribution is -2.50. The lowest BCUT2D eigenvalue weighted by molar-refractivity contribution is 0.133. The molecule has 16 heavy (non-hydrogen) atoms. The molecule has 4 aliphatic rings. The Balaban J connectivity index is 1.49. The van der Waals surface area contributed by atoms with E-state index < -0.39 is 0 Å². The number of epoxide rings is 2. The van der Waals surface area contributed by atoms with Crippen molar-refractivity contribution in [3.63, 3.8) is 0 Å². The second kappa shape index (κ2) is 3.44. The molecule has 1 saturated carbocycles. The highest BCUT2D eigenvalue weighted by Gasteiger charge is 2.56. The summed E-state index contributed by atoms with van der Waals surface area (Å²) in [7, 11) is 0. The number of ether oxygens (including phenoxy) is 2. The summed E-state index contributed by atoms with van der Waals surface area (Å²) in [6, 6.07) is 0.733. The van der Waals surface area contributed by atoms with Gasteiger partial charge in [-0.3, -0.25) is 5.32 Å². The van der Waals surface area contributed by atoms with Crippen molar-refractivity contribution in [3.8, 4) is 0 Å². The summed E-state index contributed by atoms with van der Waals surface area (Å²) < 4.78 is 11.4. The van der Waals surface area contributed by atoms with E-state index >= 15 is 0 Å². The number of hydrogen-bond donors (Lipinski definition) is 1. The Kier molecular flexibility index (Phi) is 2.12. The van der Waals surface area contributed by atoms with Gasteiger partial charge in [0.15, 0.2) is 0 Å². The van der Waals surface area contributed by atoms with Crippen LogP contribution in [0.2, 0.25) is 0 Å². The minimum atomic E-state index is 0.387. The second-order valence-corrected chi connectivity index (χ2v) is 6.02. The van der Waals surface area contributed by atoms with Crippen molar-refractivity contribution in [2.75, 3.05) is 0 Å². The Labute approximate surface area is 96.9 Å². The van der Waals surface area contributed by atoms with Gasteiger partial charge in [-0.15, -0.1) is 0 Å². The fourth-order valence-electron chi connectivity index (χ4n) is 3.97. The van der Waals surface area contributed by atoms with Gasteiger partial charge in [0.05, 0.1) is 12.2 Å². The van der Waals surface area contributed by atoms with Crippen LogP contribution in [-0.4, -0.2) is 30.6 Å². The van der Waals surface area contributed by atoms with E-state index in [9.17, 15) is 0 Å². The van der Waals surface area contributed by atoms with Crippen molar-refractivity contribution in [2.45, 2.75) is 69.6 Å². The van der Waals surface area contributed by atoms with Crippen molar-refractivity contribution in [1.29, 1.82) is 0 Å². The van der Waals surface area contributed by atoms with Gasteiger partial charge in [0.2, 0.25) is 0 Å². The number of hydrogen-bond acceptors (Lipinski definition) is 3. The predicted octanol–water partition coefficient (Wildman–Crippen LogP) is 1.67. The molecule has 0 spiro atoms. The molecule has 4 fully saturated rings. The van der Waals surface area contributed by atoms with Crippen LogP contribution in [0.25, 0.3) is 0 Å². The SMILES string of the molecule is CC1OC1CC1C2CCCCC2NC2OC21. The maximum absolute atomic E-state index is 5.78. The smallest absolute Gasteiger partial charge is 0.135 e. The first-order chi connectivity index (χ1) is 7.83. The Morgan fingerprint density at radius 3 is 2.81 bits per heavy atom. The number of fused-ring (bicyclic) bond motifs is 2. The third-order valence-electron chi connectivity index (χ3n) is 5.04. The van der Waals surface area contributed by atoms with Crippen molar-refractivity contribution in [1.82, 2.24) is 5.32 Å². The van der Waals surface area contributed by atoms with Crippen LogP contribution in [0.15, 0.2) is 0 Å². The van der Waals surface area contributed by atoms with Gasteiger partial charge in [0.25, 0.3) is 0 Å². The molecule has 0 aromatic rings. The van der Waals surface area contributed by atoms with Gasteiger partial charge in [-0.1, -0.05) is 12.8 Å². The van der Waals surface area contributed by atoms with Crippen LogP contribution in [0.4, 0.5) is 0 Å². The monoisotopic (exact) mass is 223 g/mol. The summed E-state index contributed by atoms with van der Waals surface area (Å²) >= 11 is 0. The molecule has 7 atom stereocenters.